The Hall–Kier alpha value is -1.52. The van der Waals surface area contributed by atoms with Gasteiger partial charge in [-0.1, -0.05) is 41.4 Å². The second-order valence-electron chi connectivity index (χ2n) is 3.38. The van der Waals surface area contributed by atoms with Crippen molar-refractivity contribution in [2.45, 2.75) is 6.61 Å². The van der Waals surface area contributed by atoms with E-state index in [2.05, 4.69) is 9.97 Å². The monoisotopic (exact) mass is 284 g/mol. The minimum Gasteiger partial charge on any atom is -0.489 e. The van der Waals surface area contributed by atoms with Crippen LogP contribution in [0.25, 0.3) is 0 Å². The predicted octanol–water partition coefficient (Wildman–Crippen LogP) is 3.37. The van der Waals surface area contributed by atoms with Gasteiger partial charge in [0.1, 0.15) is 12.9 Å². The maximum Gasteiger partial charge on any atom is 0.262 e. The number of nitrogens with zero attached hydrogens (tertiary/aromatic N) is 2. The van der Waals surface area contributed by atoms with Crippen molar-refractivity contribution in [2.24, 2.45) is 0 Å². The molecule has 2 rings (SSSR count). The van der Waals surface area contributed by atoms with E-state index in [1.54, 1.807) is 6.07 Å². The number of halogens is 2. The van der Waals surface area contributed by atoms with Crippen LogP contribution >= 0.6 is 23.2 Å². The lowest BCUT2D eigenvalue weighted by Crippen LogP contribution is -2.01. The summed E-state index contributed by atoms with van der Waals surface area (Å²) in [7, 11) is 1.48. The molecule has 0 aliphatic heterocycles. The Kier molecular flexibility index (Phi) is 4.23. The molecule has 0 spiro atoms. The van der Waals surface area contributed by atoms with Gasteiger partial charge in [0.2, 0.25) is 5.75 Å². The minimum absolute atomic E-state index is 0.210. The largest absolute Gasteiger partial charge is 0.489 e. The number of methoxy groups -OCH3 is 1. The first-order valence-electron chi connectivity index (χ1n) is 5.13. The average Bonchev–Trinajstić information content (AvgIpc) is 2.38. The van der Waals surface area contributed by atoms with Gasteiger partial charge in [-0.05, 0) is 6.07 Å². The van der Waals surface area contributed by atoms with Crippen LogP contribution < -0.4 is 9.47 Å². The Labute approximate surface area is 114 Å². The zero-order valence-corrected chi connectivity index (χ0v) is 11.1. The van der Waals surface area contributed by atoms with Crippen LogP contribution in [-0.2, 0) is 6.61 Å². The third-order valence-corrected chi connectivity index (χ3v) is 2.89. The smallest absolute Gasteiger partial charge is 0.262 e. The molecule has 6 heteroatoms. The molecule has 1 heterocycles. The maximum atomic E-state index is 6.03. The Bertz CT molecular complexity index is 549. The average molecular weight is 285 g/mol. The van der Waals surface area contributed by atoms with Gasteiger partial charge in [-0.25, -0.2) is 4.98 Å². The second kappa shape index (κ2) is 5.89. The highest BCUT2D eigenvalue weighted by atomic mass is 35.5. The van der Waals surface area contributed by atoms with Crippen molar-refractivity contribution in [1.29, 1.82) is 0 Å². The van der Waals surface area contributed by atoms with Crippen molar-refractivity contribution >= 4 is 23.2 Å². The van der Waals surface area contributed by atoms with Gasteiger partial charge in [0.15, 0.2) is 5.15 Å². The lowest BCUT2D eigenvalue weighted by molar-refractivity contribution is 0.271. The molecule has 0 bridgehead atoms. The van der Waals surface area contributed by atoms with Gasteiger partial charge >= 0.3 is 0 Å². The molecule has 1 aromatic heterocycles. The van der Waals surface area contributed by atoms with E-state index < -0.39 is 0 Å². The molecule has 0 fully saturated rings. The topological polar surface area (TPSA) is 44.2 Å². The van der Waals surface area contributed by atoms with Crippen LogP contribution in [0.4, 0.5) is 0 Å². The van der Waals surface area contributed by atoms with Crippen LogP contribution in [0.1, 0.15) is 5.56 Å². The normalized spacial score (nSPS) is 10.2. The van der Waals surface area contributed by atoms with Crippen LogP contribution in [-0.4, -0.2) is 17.1 Å². The summed E-state index contributed by atoms with van der Waals surface area (Å²) in [4.78, 5) is 7.78. The number of rotatable bonds is 4. The van der Waals surface area contributed by atoms with E-state index in [0.717, 1.165) is 5.56 Å². The molecule has 94 valence electrons. The zero-order chi connectivity index (χ0) is 13.0. The molecule has 0 amide bonds. The van der Waals surface area contributed by atoms with E-state index in [0.29, 0.717) is 10.8 Å². The third kappa shape index (κ3) is 2.83. The summed E-state index contributed by atoms with van der Waals surface area (Å²) in [6.07, 6.45) is 1.31. The summed E-state index contributed by atoms with van der Waals surface area (Å²) in [6, 6.07) is 7.41. The Morgan fingerprint density at radius 2 is 1.94 bits per heavy atom. The number of aromatic nitrogens is 2. The summed E-state index contributed by atoms with van der Waals surface area (Å²) < 4.78 is 10.6. The van der Waals surface area contributed by atoms with Gasteiger partial charge in [0, 0.05) is 10.6 Å². The molecule has 0 unspecified atom stereocenters. The van der Waals surface area contributed by atoms with Gasteiger partial charge in [-0.3, -0.25) is 0 Å². The zero-order valence-electron chi connectivity index (χ0n) is 9.56. The highest BCUT2D eigenvalue weighted by Gasteiger charge is 2.12. The molecule has 0 aliphatic carbocycles. The van der Waals surface area contributed by atoms with E-state index in [-0.39, 0.29) is 17.6 Å². The second-order valence-corrected chi connectivity index (χ2v) is 4.15. The summed E-state index contributed by atoms with van der Waals surface area (Å²) in [6.45, 7) is 0.281. The molecule has 1 aromatic carbocycles. The highest BCUT2D eigenvalue weighted by molar-refractivity contribution is 6.31. The maximum absolute atomic E-state index is 6.03. The van der Waals surface area contributed by atoms with Crippen molar-refractivity contribution in [3.05, 3.63) is 46.3 Å². The third-order valence-electron chi connectivity index (χ3n) is 2.25. The van der Waals surface area contributed by atoms with E-state index in [1.165, 1.54) is 13.4 Å². The van der Waals surface area contributed by atoms with E-state index >= 15 is 0 Å². The lowest BCUT2D eigenvalue weighted by Gasteiger charge is -2.10. The molecular formula is C12H10Cl2N2O2. The van der Waals surface area contributed by atoms with E-state index in [1.807, 2.05) is 18.2 Å². The van der Waals surface area contributed by atoms with Crippen LogP contribution in [0.15, 0.2) is 30.6 Å². The fourth-order valence-corrected chi connectivity index (χ4v) is 1.77. The van der Waals surface area contributed by atoms with E-state index in [4.69, 9.17) is 32.7 Å². The molecule has 0 saturated carbocycles. The Balaban J connectivity index is 2.16. The molecule has 0 saturated heterocycles. The number of ether oxygens (including phenoxy) is 2. The first-order chi connectivity index (χ1) is 8.72. The van der Waals surface area contributed by atoms with Gasteiger partial charge in [0.25, 0.3) is 5.88 Å². The number of benzene rings is 1. The quantitative estimate of drug-likeness (QED) is 0.808. The Morgan fingerprint density at radius 1 is 1.17 bits per heavy atom. The fourth-order valence-electron chi connectivity index (χ4n) is 1.37. The van der Waals surface area contributed by atoms with Gasteiger partial charge in [-0.2, -0.15) is 4.98 Å². The summed E-state index contributed by atoms with van der Waals surface area (Å²) in [5.74, 6) is 0.601. The summed E-state index contributed by atoms with van der Waals surface area (Å²) in [5, 5.41) is 0.846. The van der Waals surface area contributed by atoms with Crippen molar-refractivity contribution in [1.82, 2.24) is 9.97 Å². The molecule has 0 N–H and O–H groups in total. The number of hydrogen-bond acceptors (Lipinski definition) is 4. The number of hydrogen-bond donors (Lipinski definition) is 0. The SMILES string of the molecule is COc1c(Cl)ncnc1OCc1ccccc1Cl. The predicted molar refractivity (Wildman–Crippen MR) is 69.4 cm³/mol. The highest BCUT2D eigenvalue weighted by Crippen LogP contribution is 2.31. The van der Waals surface area contributed by atoms with Crippen molar-refractivity contribution < 1.29 is 9.47 Å². The minimum atomic E-state index is 0.210. The molecule has 4 nitrogen and oxygen atoms in total. The molecule has 0 radical (unpaired) electrons. The van der Waals surface area contributed by atoms with Crippen molar-refractivity contribution in [3.8, 4) is 11.6 Å². The lowest BCUT2D eigenvalue weighted by atomic mass is 10.2. The van der Waals surface area contributed by atoms with Crippen LogP contribution in [0.3, 0.4) is 0 Å². The van der Waals surface area contributed by atoms with Gasteiger partial charge < -0.3 is 9.47 Å². The molecule has 0 atom stereocenters. The van der Waals surface area contributed by atoms with Gasteiger partial charge in [0.05, 0.1) is 7.11 Å². The molecule has 2 aromatic rings. The summed E-state index contributed by atoms with van der Waals surface area (Å²) >= 11 is 11.9. The first kappa shape index (κ1) is 12.9. The van der Waals surface area contributed by atoms with Crippen molar-refractivity contribution in [3.63, 3.8) is 0 Å². The standard InChI is InChI=1S/C12H10Cl2N2O2/c1-17-10-11(14)15-7-16-12(10)18-6-8-4-2-3-5-9(8)13/h2-5,7H,6H2,1H3. The van der Waals surface area contributed by atoms with E-state index in [9.17, 15) is 0 Å². The molecule has 18 heavy (non-hydrogen) atoms. The Morgan fingerprint density at radius 3 is 2.67 bits per heavy atom. The van der Waals surface area contributed by atoms with Crippen LogP contribution in [0, 0.1) is 0 Å². The van der Waals surface area contributed by atoms with Crippen LogP contribution in [0.2, 0.25) is 10.2 Å². The first-order valence-corrected chi connectivity index (χ1v) is 5.88. The molecular weight excluding hydrogens is 275 g/mol. The summed E-state index contributed by atoms with van der Waals surface area (Å²) in [5.41, 5.74) is 0.857. The molecule has 0 aliphatic rings. The van der Waals surface area contributed by atoms with Crippen LogP contribution in [0.5, 0.6) is 11.6 Å². The fraction of sp³-hybridized carbons (Fsp3) is 0.167. The van der Waals surface area contributed by atoms with Gasteiger partial charge in [-0.15, -0.1) is 0 Å². The van der Waals surface area contributed by atoms with Crippen molar-refractivity contribution in [2.75, 3.05) is 7.11 Å².